The quantitative estimate of drug-likeness (QED) is 0.658. The number of ether oxygens (including phenoxy) is 3. The van der Waals surface area contributed by atoms with Crippen LogP contribution in [0.1, 0.15) is 46.1 Å². The van der Waals surface area contributed by atoms with E-state index in [4.69, 9.17) is 14.2 Å². The number of rotatable bonds is 5. The number of aromatic nitrogens is 2. The van der Waals surface area contributed by atoms with E-state index in [9.17, 15) is 9.59 Å². The van der Waals surface area contributed by atoms with Crippen LogP contribution in [-0.4, -0.2) is 42.2 Å². The normalized spacial score (nSPS) is 11.5. The minimum absolute atomic E-state index is 0.102. The second kappa shape index (κ2) is 6.88. The van der Waals surface area contributed by atoms with E-state index in [1.54, 1.807) is 21.0 Å². The molecule has 25 heavy (non-hydrogen) atoms. The second-order valence-corrected chi connectivity index (χ2v) is 5.36. The van der Waals surface area contributed by atoms with Crippen LogP contribution in [0, 0.1) is 0 Å². The van der Waals surface area contributed by atoms with Crippen LogP contribution in [0.4, 0.5) is 0 Å². The van der Waals surface area contributed by atoms with E-state index in [-0.39, 0.29) is 24.7 Å². The Hall–Kier alpha value is -2.96. The van der Waals surface area contributed by atoms with Crippen LogP contribution < -0.4 is 4.74 Å². The van der Waals surface area contributed by atoms with Gasteiger partial charge < -0.3 is 14.2 Å². The molecule has 1 aromatic carbocycles. The number of benzene rings is 1. The zero-order valence-electron chi connectivity index (χ0n) is 14.3. The maximum absolute atomic E-state index is 12.3. The van der Waals surface area contributed by atoms with Gasteiger partial charge in [-0.15, -0.1) is 0 Å². The molecule has 1 aliphatic rings. The number of carbonyl (C=O) groups excluding carboxylic acids is 2. The lowest BCUT2D eigenvalue weighted by atomic mass is 10.1. The van der Waals surface area contributed by atoms with Crippen molar-refractivity contribution < 1.29 is 23.8 Å². The molecule has 7 nitrogen and oxygen atoms in total. The van der Waals surface area contributed by atoms with Crippen LogP contribution in [0.2, 0.25) is 0 Å². The summed E-state index contributed by atoms with van der Waals surface area (Å²) < 4.78 is 15.3. The average Bonchev–Trinajstić information content (AvgIpc) is 2.98. The molecule has 0 amide bonds. The van der Waals surface area contributed by atoms with Crippen LogP contribution in [0.15, 0.2) is 18.2 Å². The van der Waals surface area contributed by atoms with Crippen molar-refractivity contribution in [2.45, 2.75) is 20.3 Å². The number of hydrogen-bond acceptors (Lipinski definition) is 7. The van der Waals surface area contributed by atoms with Gasteiger partial charge in [0, 0.05) is 17.5 Å². The van der Waals surface area contributed by atoms with Crippen molar-refractivity contribution >= 4 is 11.9 Å². The zero-order chi connectivity index (χ0) is 18.0. The van der Waals surface area contributed by atoms with Crippen molar-refractivity contribution in [2.75, 3.05) is 20.3 Å². The number of hydrogen-bond donors (Lipinski definition) is 0. The van der Waals surface area contributed by atoms with Crippen molar-refractivity contribution in [1.29, 1.82) is 0 Å². The third-order valence-corrected chi connectivity index (χ3v) is 3.87. The summed E-state index contributed by atoms with van der Waals surface area (Å²) in [7, 11) is 1.58. The first-order valence-electron chi connectivity index (χ1n) is 8.01. The second-order valence-electron chi connectivity index (χ2n) is 5.36. The van der Waals surface area contributed by atoms with Crippen molar-refractivity contribution in [2.24, 2.45) is 0 Å². The Morgan fingerprint density at radius 1 is 1.08 bits per heavy atom. The molecule has 0 aliphatic heterocycles. The van der Waals surface area contributed by atoms with Gasteiger partial charge in [-0.3, -0.25) is 0 Å². The topological polar surface area (TPSA) is 87.6 Å². The summed E-state index contributed by atoms with van der Waals surface area (Å²) in [5.74, 6) is -0.737. The largest absolute Gasteiger partial charge is 0.497 e. The summed E-state index contributed by atoms with van der Waals surface area (Å²) in [6.45, 7) is 3.81. The molecule has 0 fully saturated rings. The fraction of sp³-hybridized carbons (Fsp3) is 0.333. The minimum atomic E-state index is -0.674. The molecule has 0 bridgehead atoms. The molecule has 3 rings (SSSR count). The zero-order valence-corrected chi connectivity index (χ0v) is 14.3. The first-order valence-corrected chi connectivity index (χ1v) is 8.01. The van der Waals surface area contributed by atoms with E-state index < -0.39 is 11.9 Å². The van der Waals surface area contributed by atoms with E-state index in [2.05, 4.69) is 9.97 Å². The summed E-state index contributed by atoms with van der Waals surface area (Å²) in [5.41, 5.74) is 3.08. The van der Waals surface area contributed by atoms with Crippen molar-refractivity contribution in [3.05, 3.63) is 40.8 Å². The fourth-order valence-electron chi connectivity index (χ4n) is 2.78. The minimum Gasteiger partial charge on any atom is -0.497 e. The number of methoxy groups -OCH3 is 1. The summed E-state index contributed by atoms with van der Waals surface area (Å²) in [6.07, 6.45) is 0.492. The van der Waals surface area contributed by atoms with E-state index in [0.29, 0.717) is 23.4 Å². The monoisotopic (exact) mass is 342 g/mol. The van der Waals surface area contributed by atoms with Crippen LogP contribution in [-0.2, 0) is 15.9 Å². The highest BCUT2D eigenvalue weighted by Gasteiger charge is 2.30. The highest BCUT2D eigenvalue weighted by Crippen LogP contribution is 2.38. The van der Waals surface area contributed by atoms with Gasteiger partial charge in [-0.2, -0.15) is 0 Å². The van der Waals surface area contributed by atoms with Gasteiger partial charge in [0.25, 0.3) is 0 Å². The molecule has 0 spiro atoms. The van der Waals surface area contributed by atoms with Gasteiger partial charge in [-0.1, -0.05) is 6.07 Å². The number of fused-ring (bicyclic) bond motifs is 3. The number of esters is 2. The first kappa shape index (κ1) is 16.9. The molecule has 0 saturated heterocycles. The summed E-state index contributed by atoms with van der Waals surface area (Å²) in [4.78, 5) is 32.9. The maximum atomic E-state index is 12.3. The Kier molecular flexibility index (Phi) is 4.65. The Balaban J connectivity index is 2.17. The Labute approximate surface area is 145 Å². The molecule has 0 unspecified atom stereocenters. The SMILES string of the molecule is CCOC(=O)c1nc(C(=O)OCC)c2c(n1)-c1cc(OC)ccc1C2. The Morgan fingerprint density at radius 2 is 1.80 bits per heavy atom. The highest BCUT2D eigenvalue weighted by molar-refractivity contribution is 5.95. The van der Waals surface area contributed by atoms with E-state index in [1.807, 2.05) is 18.2 Å². The molecule has 1 heterocycles. The molecule has 0 atom stereocenters. The van der Waals surface area contributed by atoms with Crippen molar-refractivity contribution in [1.82, 2.24) is 9.97 Å². The van der Waals surface area contributed by atoms with Crippen LogP contribution in [0.5, 0.6) is 5.75 Å². The summed E-state index contributed by atoms with van der Waals surface area (Å²) in [5, 5.41) is 0. The van der Waals surface area contributed by atoms with E-state index in [0.717, 1.165) is 11.1 Å². The van der Waals surface area contributed by atoms with Gasteiger partial charge in [-0.25, -0.2) is 19.6 Å². The predicted molar refractivity (Wildman–Crippen MR) is 88.7 cm³/mol. The van der Waals surface area contributed by atoms with Crippen LogP contribution >= 0.6 is 0 Å². The molecular weight excluding hydrogens is 324 g/mol. The lowest BCUT2D eigenvalue weighted by molar-refractivity contribution is 0.0505. The average molecular weight is 342 g/mol. The van der Waals surface area contributed by atoms with Crippen molar-refractivity contribution in [3.8, 4) is 17.0 Å². The molecule has 0 saturated carbocycles. The highest BCUT2D eigenvalue weighted by atomic mass is 16.5. The van der Waals surface area contributed by atoms with Gasteiger partial charge in [0.2, 0.25) is 5.82 Å². The Morgan fingerprint density at radius 3 is 2.48 bits per heavy atom. The maximum Gasteiger partial charge on any atom is 0.376 e. The predicted octanol–water partition coefficient (Wildman–Crippen LogP) is 2.41. The van der Waals surface area contributed by atoms with Crippen molar-refractivity contribution in [3.63, 3.8) is 0 Å². The van der Waals surface area contributed by atoms with Gasteiger partial charge in [0.05, 0.1) is 26.0 Å². The summed E-state index contributed by atoms with van der Waals surface area (Å²) >= 11 is 0. The molecule has 0 N–H and O–H groups in total. The van der Waals surface area contributed by atoms with E-state index >= 15 is 0 Å². The molecule has 1 aromatic heterocycles. The first-order chi connectivity index (χ1) is 12.1. The third kappa shape index (κ3) is 3.05. The molecular formula is C18H18N2O5. The lowest BCUT2D eigenvalue weighted by Gasteiger charge is -2.09. The van der Waals surface area contributed by atoms with Gasteiger partial charge in [0.15, 0.2) is 5.69 Å². The number of carbonyl (C=O) groups is 2. The molecule has 0 radical (unpaired) electrons. The summed E-state index contributed by atoms with van der Waals surface area (Å²) in [6, 6.07) is 5.58. The fourth-order valence-corrected chi connectivity index (χ4v) is 2.78. The third-order valence-electron chi connectivity index (χ3n) is 3.87. The molecule has 7 heteroatoms. The van der Waals surface area contributed by atoms with E-state index in [1.165, 1.54) is 0 Å². The smallest absolute Gasteiger partial charge is 0.376 e. The molecule has 130 valence electrons. The van der Waals surface area contributed by atoms with Gasteiger partial charge in [0.1, 0.15) is 5.75 Å². The van der Waals surface area contributed by atoms with Crippen LogP contribution in [0.3, 0.4) is 0 Å². The standard InChI is InChI=1S/C18H18N2O5/c1-4-24-17(21)15-13-8-10-6-7-11(23-3)9-12(10)14(13)19-16(20-15)18(22)25-5-2/h6-7,9H,4-5,8H2,1-3H3. The van der Waals surface area contributed by atoms with Gasteiger partial charge >= 0.3 is 11.9 Å². The van der Waals surface area contributed by atoms with Gasteiger partial charge in [-0.05, 0) is 31.5 Å². The Bertz CT molecular complexity index is 848. The lowest BCUT2D eigenvalue weighted by Crippen LogP contribution is -2.17. The van der Waals surface area contributed by atoms with Crippen LogP contribution in [0.25, 0.3) is 11.3 Å². The number of nitrogens with zero attached hydrogens (tertiary/aromatic N) is 2. The molecule has 2 aromatic rings. The molecule has 1 aliphatic carbocycles.